The summed E-state index contributed by atoms with van der Waals surface area (Å²) in [5, 5.41) is 18.2. The van der Waals surface area contributed by atoms with Gasteiger partial charge in [-0.2, -0.15) is 0 Å². The van der Waals surface area contributed by atoms with E-state index in [2.05, 4.69) is 107 Å². The van der Waals surface area contributed by atoms with Crippen molar-refractivity contribution in [3.05, 3.63) is 91.0 Å². The van der Waals surface area contributed by atoms with Crippen LogP contribution < -0.4 is 15.9 Å². The summed E-state index contributed by atoms with van der Waals surface area (Å²) in [4.78, 5) is 0. The monoisotopic (exact) mass is 408 g/mol. The first kappa shape index (κ1) is 23.5. The van der Waals surface area contributed by atoms with Gasteiger partial charge < -0.3 is 10.2 Å². The molecule has 3 aromatic rings. The van der Waals surface area contributed by atoms with Gasteiger partial charge in [-0.25, -0.2) is 0 Å². The molecule has 0 fully saturated rings. The number of hydrogen-bond donors (Lipinski definition) is 2. The zero-order chi connectivity index (χ0) is 18.9. The maximum Gasteiger partial charge on any atom is -0.0134 e. The third kappa shape index (κ3) is 7.92. The standard InChI is InChI=1S/C18H15P.2CH4O.Cu.FH/c1-4-10-16(11-5-1)19(17-12-6-2-7-13-17)18-14-8-3-9-15-18;2*1-2;;/h1-15H;2*2H,1H3;;1H/q;;;+1;/p-1. The van der Waals surface area contributed by atoms with Gasteiger partial charge in [0, 0.05) is 14.2 Å². The molecule has 138 valence electrons. The summed E-state index contributed by atoms with van der Waals surface area (Å²) in [7, 11) is 1.55. The van der Waals surface area contributed by atoms with Gasteiger partial charge in [-0.15, -0.1) is 0 Å². The number of aliphatic hydroxyl groups excluding tert-OH is 2. The molecule has 2 N–H and O–H groups in total. The maximum absolute atomic E-state index is 9.06. The molecule has 5 heteroatoms. The van der Waals surface area contributed by atoms with E-state index >= 15 is 0 Å². The van der Waals surface area contributed by atoms with Crippen LogP contribution in [-0.2, 0) is 16.5 Å². The number of halogens is 1. The van der Waals surface area contributed by atoms with Crippen LogP contribution in [0.4, 0.5) is 3.55 Å². The molecule has 0 heterocycles. The van der Waals surface area contributed by atoms with Gasteiger partial charge in [-0.3, -0.25) is 0 Å². The van der Waals surface area contributed by atoms with E-state index in [1.807, 2.05) is 0 Å². The molecule has 0 saturated carbocycles. The van der Waals surface area contributed by atoms with Gasteiger partial charge >= 0.3 is 20.0 Å². The van der Waals surface area contributed by atoms with Gasteiger partial charge in [0.2, 0.25) is 0 Å². The molecule has 0 radical (unpaired) electrons. The van der Waals surface area contributed by atoms with Gasteiger partial charge in [0.25, 0.3) is 0 Å². The van der Waals surface area contributed by atoms with Gasteiger partial charge in [0.15, 0.2) is 0 Å². The van der Waals surface area contributed by atoms with Crippen molar-refractivity contribution in [2.75, 3.05) is 14.2 Å². The Morgan fingerprint density at radius 3 is 0.920 bits per heavy atom. The van der Waals surface area contributed by atoms with Crippen molar-refractivity contribution < 1.29 is 30.2 Å². The molecule has 3 aromatic carbocycles. The predicted octanol–water partition coefficient (Wildman–Crippen LogP) is 3.08. The Morgan fingerprint density at radius 2 is 0.720 bits per heavy atom. The first-order valence-corrected chi connectivity index (χ1v) is 9.11. The van der Waals surface area contributed by atoms with Crippen LogP contribution in [0.15, 0.2) is 91.0 Å². The summed E-state index contributed by atoms with van der Waals surface area (Å²) in [6.45, 7) is 0. The molecule has 2 nitrogen and oxygen atoms in total. The first-order chi connectivity index (χ1) is 12.4. The minimum atomic E-state index is -0.446. The van der Waals surface area contributed by atoms with Crippen molar-refractivity contribution in [3.8, 4) is 0 Å². The van der Waals surface area contributed by atoms with E-state index in [0.29, 0.717) is 0 Å². The zero-order valence-corrected chi connectivity index (χ0v) is 16.0. The molecule has 0 aliphatic rings. The van der Waals surface area contributed by atoms with Crippen molar-refractivity contribution in [2.24, 2.45) is 0 Å². The Bertz CT molecular complexity index is 546. The van der Waals surface area contributed by atoms with Crippen LogP contribution >= 0.6 is 7.92 Å². The Hall–Kier alpha value is -1.54. The molecule has 0 aromatic heterocycles. The van der Waals surface area contributed by atoms with Crippen LogP contribution in [0.3, 0.4) is 0 Å². The molecule has 0 amide bonds. The second kappa shape index (κ2) is 16.0. The SMILES string of the molecule is CO.CO.[F][Cu].c1ccc(P(c2ccccc2)c2ccccc2)cc1. The molecular formula is C20H23CuFO2P. The third-order valence-electron chi connectivity index (χ3n) is 3.04. The first-order valence-electron chi connectivity index (χ1n) is 7.41. The second-order valence-electron chi connectivity index (χ2n) is 4.34. The molecule has 0 saturated heterocycles. The maximum atomic E-state index is 9.06. The number of rotatable bonds is 3. The molecule has 0 aliphatic carbocycles. The van der Waals surface area contributed by atoms with E-state index < -0.39 is 7.92 Å². The van der Waals surface area contributed by atoms with Crippen molar-refractivity contribution in [3.63, 3.8) is 0 Å². The largest absolute Gasteiger partial charge is 0.0622 e. The van der Waals surface area contributed by atoms with Gasteiger partial charge in [-0.05, 0) is 23.8 Å². The summed E-state index contributed by atoms with van der Waals surface area (Å²) < 4.78 is 9.06. The Kier molecular flexibility index (Phi) is 15.0. The van der Waals surface area contributed by atoms with E-state index in [-0.39, 0.29) is 0 Å². The Morgan fingerprint density at radius 1 is 0.520 bits per heavy atom. The molecule has 3 rings (SSSR count). The summed E-state index contributed by atoms with van der Waals surface area (Å²) in [5.41, 5.74) is 0. The van der Waals surface area contributed by atoms with Crippen molar-refractivity contribution in [1.29, 1.82) is 0 Å². The average molecular weight is 409 g/mol. The number of hydrogen-bond acceptors (Lipinski definition) is 2. The Balaban J connectivity index is 0.000000871. The van der Waals surface area contributed by atoms with Crippen LogP contribution in [0, 0.1) is 0 Å². The zero-order valence-electron chi connectivity index (χ0n) is 14.2. The van der Waals surface area contributed by atoms with Crippen LogP contribution in [0.1, 0.15) is 0 Å². The van der Waals surface area contributed by atoms with Crippen LogP contribution in [0.2, 0.25) is 0 Å². The smallest absolute Gasteiger partial charge is 0.0134 e. The summed E-state index contributed by atoms with van der Waals surface area (Å²) in [6, 6.07) is 32.3. The number of aliphatic hydroxyl groups is 2. The van der Waals surface area contributed by atoms with E-state index in [0.717, 1.165) is 14.2 Å². The normalized spacial score (nSPS) is 8.80. The van der Waals surface area contributed by atoms with E-state index in [9.17, 15) is 0 Å². The quantitative estimate of drug-likeness (QED) is 0.516. The predicted molar refractivity (Wildman–Crippen MR) is 103 cm³/mol. The summed E-state index contributed by atoms with van der Waals surface area (Å²) >= 11 is 2.69. The summed E-state index contributed by atoms with van der Waals surface area (Å²) in [6.07, 6.45) is 0. The molecule has 0 aliphatic heterocycles. The molecule has 0 spiro atoms. The molecular weight excluding hydrogens is 386 g/mol. The van der Waals surface area contributed by atoms with Crippen LogP contribution in [0.5, 0.6) is 0 Å². The fourth-order valence-corrected chi connectivity index (χ4v) is 4.48. The minimum Gasteiger partial charge on any atom is -0.0622 e. The third-order valence-corrected chi connectivity index (χ3v) is 5.49. The van der Waals surface area contributed by atoms with Crippen molar-refractivity contribution in [2.45, 2.75) is 0 Å². The minimum absolute atomic E-state index is 0.446. The average Bonchev–Trinajstić information content (AvgIpc) is 2.75. The van der Waals surface area contributed by atoms with Crippen LogP contribution in [-0.4, -0.2) is 24.4 Å². The van der Waals surface area contributed by atoms with Gasteiger partial charge in [0.05, 0.1) is 0 Å². The van der Waals surface area contributed by atoms with E-state index in [1.54, 1.807) is 0 Å². The fraction of sp³-hybridized carbons (Fsp3) is 0.100. The van der Waals surface area contributed by atoms with Gasteiger partial charge in [0.1, 0.15) is 0 Å². The molecule has 25 heavy (non-hydrogen) atoms. The molecule has 0 bridgehead atoms. The fourth-order valence-electron chi connectivity index (χ4n) is 2.18. The van der Waals surface area contributed by atoms with Crippen molar-refractivity contribution in [1.82, 2.24) is 0 Å². The summed E-state index contributed by atoms with van der Waals surface area (Å²) in [5.74, 6) is 0. The topological polar surface area (TPSA) is 40.5 Å². The molecule has 0 atom stereocenters. The Labute approximate surface area is 159 Å². The van der Waals surface area contributed by atoms with Gasteiger partial charge in [-0.1, -0.05) is 91.0 Å². The van der Waals surface area contributed by atoms with E-state index in [1.165, 1.54) is 15.9 Å². The number of benzene rings is 3. The second-order valence-corrected chi connectivity index (χ2v) is 6.56. The van der Waals surface area contributed by atoms with Crippen LogP contribution in [0.25, 0.3) is 0 Å². The van der Waals surface area contributed by atoms with Crippen molar-refractivity contribution >= 4 is 23.8 Å². The molecule has 0 unspecified atom stereocenters. The van der Waals surface area contributed by atoms with E-state index in [4.69, 9.17) is 13.8 Å².